The molecule has 126 valence electrons. The quantitative estimate of drug-likeness (QED) is 0.591. The summed E-state index contributed by atoms with van der Waals surface area (Å²) in [4.78, 5) is 15.8. The number of rotatable bonds is 7. The average molecular weight is 331 g/mol. The van der Waals surface area contributed by atoms with Crippen molar-refractivity contribution in [3.8, 4) is 0 Å². The van der Waals surface area contributed by atoms with E-state index in [1.165, 1.54) is 38.5 Å². The molecule has 0 aromatic carbocycles. The average Bonchev–Trinajstić information content (AvgIpc) is 2.73. The SMILES string of the molecule is Cc1noc(CCC(=O)NCCNC2CCCCCC2)n1.Cl. The van der Waals surface area contributed by atoms with Crippen molar-refractivity contribution in [1.29, 1.82) is 0 Å². The Morgan fingerprint density at radius 2 is 1.95 bits per heavy atom. The van der Waals surface area contributed by atoms with Gasteiger partial charge in [0.1, 0.15) is 0 Å². The smallest absolute Gasteiger partial charge is 0.227 e. The lowest BCUT2D eigenvalue weighted by Crippen LogP contribution is -2.36. The van der Waals surface area contributed by atoms with Crippen LogP contribution in [0.15, 0.2) is 4.52 Å². The van der Waals surface area contributed by atoms with Crippen LogP contribution in [0.4, 0.5) is 0 Å². The van der Waals surface area contributed by atoms with Crippen molar-refractivity contribution in [2.45, 2.75) is 64.3 Å². The van der Waals surface area contributed by atoms with Crippen LogP contribution in [0.5, 0.6) is 0 Å². The third kappa shape index (κ3) is 7.22. The summed E-state index contributed by atoms with van der Waals surface area (Å²) in [6, 6.07) is 0.630. The molecule has 0 atom stereocenters. The lowest BCUT2D eigenvalue weighted by Gasteiger charge is -2.16. The number of hydrogen-bond acceptors (Lipinski definition) is 5. The van der Waals surface area contributed by atoms with Crippen molar-refractivity contribution < 1.29 is 9.32 Å². The van der Waals surface area contributed by atoms with Gasteiger partial charge in [0.25, 0.3) is 0 Å². The topological polar surface area (TPSA) is 80.0 Å². The zero-order valence-corrected chi connectivity index (χ0v) is 14.1. The van der Waals surface area contributed by atoms with E-state index >= 15 is 0 Å². The molecule has 1 aliphatic rings. The highest BCUT2D eigenvalue weighted by atomic mass is 35.5. The fourth-order valence-corrected chi connectivity index (χ4v) is 2.71. The standard InChI is InChI=1S/C15H26N4O2.ClH/c1-12-18-15(21-19-12)9-8-14(20)17-11-10-16-13-6-4-2-3-5-7-13;/h13,16H,2-11H2,1H3,(H,17,20);1H. The Morgan fingerprint density at radius 3 is 2.59 bits per heavy atom. The van der Waals surface area contributed by atoms with Crippen LogP contribution in [0.2, 0.25) is 0 Å². The number of aryl methyl sites for hydroxylation is 2. The van der Waals surface area contributed by atoms with E-state index in [-0.39, 0.29) is 18.3 Å². The van der Waals surface area contributed by atoms with Crippen LogP contribution < -0.4 is 10.6 Å². The summed E-state index contributed by atoms with van der Waals surface area (Å²) in [5.74, 6) is 1.17. The molecule has 0 saturated heterocycles. The van der Waals surface area contributed by atoms with Gasteiger partial charge in [-0.2, -0.15) is 4.98 Å². The molecular formula is C15H27ClN4O2. The molecule has 6 nitrogen and oxygen atoms in total. The first-order valence-electron chi connectivity index (χ1n) is 8.03. The van der Waals surface area contributed by atoms with Crippen LogP contribution in [-0.4, -0.2) is 35.2 Å². The molecule has 1 aromatic rings. The van der Waals surface area contributed by atoms with Gasteiger partial charge in [0, 0.05) is 32.0 Å². The highest BCUT2D eigenvalue weighted by Gasteiger charge is 2.11. The fourth-order valence-electron chi connectivity index (χ4n) is 2.71. The minimum atomic E-state index is 0. The van der Waals surface area contributed by atoms with E-state index in [0.717, 1.165) is 6.54 Å². The summed E-state index contributed by atoms with van der Waals surface area (Å²) >= 11 is 0. The Bertz CT molecular complexity index is 431. The summed E-state index contributed by atoms with van der Waals surface area (Å²) in [6.45, 7) is 3.29. The van der Waals surface area contributed by atoms with E-state index in [1.807, 2.05) is 0 Å². The van der Waals surface area contributed by atoms with Gasteiger partial charge in [-0.05, 0) is 19.8 Å². The van der Waals surface area contributed by atoms with Crippen LogP contribution in [-0.2, 0) is 11.2 Å². The number of nitrogens with zero attached hydrogens (tertiary/aromatic N) is 2. The summed E-state index contributed by atoms with van der Waals surface area (Å²) < 4.78 is 4.98. The Morgan fingerprint density at radius 1 is 1.23 bits per heavy atom. The summed E-state index contributed by atoms with van der Waals surface area (Å²) in [5, 5.41) is 10.2. The number of amides is 1. The molecule has 1 aliphatic carbocycles. The Balaban J connectivity index is 0.00000242. The lowest BCUT2D eigenvalue weighted by atomic mass is 10.1. The molecule has 22 heavy (non-hydrogen) atoms. The largest absolute Gasteiger partial charge is 0.355 e. The molecule has 1 aromatic heterocycles. The number of aromatic nitrogens is 2. The Labute approximate surface area is 138 Å². The van der Waals surface area contributed by atoms with Gasteiger partial charge in [-0.3, -0.25) is 4.79 Å². The van der Waals surface area contributed by atoms with E-state index < -0.39 is 0 Å². The van der Waals surface area contributed by atoms with Crippen LogP contribution >= 0.6 is 12.4 Å². The molecule has 2 N–H and O–H groups in total. The maximum atomic E-state index is 11.7. The Hall–Kier alpha value is -1.14. The van der Waals surface area contributed by atoms with Gasteiger partial charge in [-0.25, -0.2) is 0 Å². The predicted octanol–water partition coefficient (Wildman–Crippen LogP) is 2.16. The minimum absolute atomic E-state index is 0. The summed E-state index contributed by atoms with van der Waals surface area (Å²) in [7, 11) is 0. The normalized spacial score (nSPS) is 15.9. The predicted molar refractivity (Wildman–Crippen MR) is 87.1 cm³/mol. The summed E-state index contributed by atoms with van der Waals surface area (Å²) in [5.41, 5.74) is 0. The van der Waals surface area contributed by atoms with Crippen LogP contribution in [0, 0.1) is 6.92 Å². The van der Waals surface area contributed by atoms with Gasteiger partial charge in [0.05, 0.1) is 0 Å². The molecule has 0 aliphatic heterocycles. The molecule has 1 saturated carbocycles. The van der Waals surface area contributed by atoms with Gasteiger partial charge in [-0.1, -0.05) is 30.8 Å². The maximum Gasteiger partial charge on any atom is 0.227 e. The molecule has 0 spiro atoms. The fraction of sp³-hybridized carbons (Fsp3) is 0.800. The third-order valence-corrected chi connectivity index (χ3v) is 3.87. The van der Waals surface area contributed by atoms with Crippen molar-refractivity contribution in [2.75, 3.05) is 13.1 Å². The van der Waals surface area contributed by atoms with Crippen molar-refractivity contribution in [3.63, 3.8) is 0 Å². The Kier molecular flexibility index (Phi) is 9.08. The van der Waals surface area contributed by atoms with Crippen LogP contribution in [0.25, 0.3) is 0 Å². The minimum Gasteiger partial charge on any atom is -0.355 e. The van der Waals surface area contributed by atoms with Gasteiger partial charge in [-0.15, -0.1) is 12.4 Å². The van der Waals surface area contributed by atoms with Gasteiger partial charge in [0.2, 0.25) is 11.8 Å². The zero-order valence-electron chi connectivity index (χ0n) is 13.3. The number of carbonyl (C=O) groups is 1. The second kappa shape index (κ2) is 10.6. The van der Waals surface area contributed by atoms with Crippen molar-refractivity contribution in [3.05, 3.63) is 11.7 Å². The number of halogens is 1. The van der Waals surface area contributed by atoms with Crippen molar-refractivity contribution in [1.82, 2.24) is 20.8 Å². The molecule has 7 heteroatoms. The molecule has 0 unspecified atom stereocenters. The number of hydrogen-bond donors (Lipinski definition) is 2. The highest BCUT2D eigenvalue weighted by molar-refractivity contribution is 5.85. The molecular weight excluding hydrogens is 304 g/mol. The van der Waals surface area contributed by atoms with Gasteiger partial charge >= 0.3 is 0 Å². The maximum absolute atomic E-state index is 11.7. The summed E-state index contributed by atoms with van der Waals surface area (Å²) in [6.07, 6.45) is 8.82. The van der Waals surface area contributed by atoms with Crippen molar-refractivity contribution >= 4 is 18.3 Å². The third-order valence-electron chi connectivity index (χ3n) is 3.87. The second-order valence-electron chi connectivity index (χ2n) is 5.73. The monoisotopic (exact) mass is 330 g/mol. The molecule has 2 rings (SSSR count). The van der Waals surface area contributed by atoms with Gasteiger partial charge in [0.15, 0.2) is 5.82 Å². The van der Waals surface area contributed by atoms with Crippen molar-refractivity contribution in [2.24, 2.45) is 0 Å². The molecule has 1 amide bonds. The highest BCUT2D eigenvalue weighted by Crippen LogP contribution is 2.16. The first-order chi connectivity index (χ1) is 10.2. The lowest BCUT2D eigenvalue weighted by molar-refractivity contribution is -0.121. The van der Waals surface area contributed by atoms with E-state index in [4.69, 9.17) is 4.52 Å². The van der Waals surface area contributed by atoms with E-state index in [0.29, 0.717) is 37.1 Å². The van der Waals surface area contributed by atoms with E-state index in [1.54, 1.807) is 6.92 Å². The molecule has 1 fully saturated rings. The number of carbonyl (C=O) groups excluding carboxylic acids is 1. The number of nitrogens with one attached hydrogen (secondary N) is 2. The first-order valence-corrected chi connectivity index (χ1v) is 8.03. The first kappa shape index (κ1) is 18.9. The molecule has 0 bridgehead atoms. The molecule has 1 heterocycles. The van der Waals surface area contributed by atoms with E-state index in [2.05, 4.69) is 20.8 Å². The second-order valence-corrected chi connectivity index (χ2v) is 5.73. The van der Waals surface area contributed by atoms with E-state index in [9.17, 15) is 4.79 Å². The zero-order chi connectivity index (χ0) is 14.9. The van der Waals surface area contributed by atoms with Crippen LogP contribution in [0.1, 0.15) is 56.7 Å². The van der Waals surface area contributed by atoms with Gasteiger partial charge < -0.3 is 15.2 Å². The van der Waals surface area contributed by atoms with Crippen LogP contribution in [0.3, 0.4) is 0 Å². The molecule has 0 radical (unpaired) electrons.